The highest BCUT2D eigenvalue weighted by atomic mass is 15.1. The lowest BCUT2D eigenvalue weighted by molar-refractivity contribution is 0.581. The highest BCUT2D eigenvalue weighted by molar-refractivity contribution is 5.43. The van der Waals surface area contributed by atoms with Gasteiger partial charge in [0.15, 0.2) is 11.6 Å². The van der Waals surface area contributed by atoms with Crippen LogP contribution in [0.15, 0.2) is 24.7 Å². The summed E-state index contributed by atoms with van der Waals surface area (Å²) in [6.45, 7) is 4.97. The highest BCUT2D eigenvalue weighted by Crippen LogP contribution is 2.10. The molecule has 2 aromatic heterocycles. The number of hydrogen-bond acceptors (Lipinski definition) is 4. The van der Waals surface area contributed by atoms with Crippen LogP contribution >= 0.6 is 0 Å². The van der Waals surface area contributed by atoms with Gasteiger partial charge in [0.2, 0.25) is 0 Å². The SMILES string of the molecule is CC(C)NCc1ccnc(-c2nccn2C)n1. The standard InChI is InChI=1S/C12H17N5/c1-9(2)15-8-10-4-5-13-11(16-10)12-14-6-7-17(12)3/h4-7,9,15H,8H2,1-3H3. The molecule has 0 amide bonds. The van der Waals surface area contributed by atoms with E-state index in [-0.39, 0.29) is 0 Å². The second-order valence-corrected chi connectivity index (χ2v) is 4.27. The predicted octanol–water partition coefficient (Wildman–Crippen LogP) is 1.38. The summed E-state index contributed by atoms with van der Waals surface area (Å²) in [5.74, 6) is 1.46. The van der Waals surface area contributed by atoms with Crippen molar-refractivity contribution in [3.63, 3.8) is 0 Å². The van der Waals surface area contributed by atoms with Crippen molar-refractivity contribution < 1.29 is 0 Å². The third-order valence-electron chi connectivity index (χ3n) is 2.43. The molecule has 0 aromatic carbocycles. The quantitative estimate of drug-likeness (QED) is 0.863. The Morgan fingerprint density at radius 2 is 2.12 bits per heavy atom. The molecular formula is C12H17N5. The minimum atomic E-state index is 0.446. The summed E-state index contributed by atoms with van der Waals surface area (Å²) >= 11 is 0. The first-order valence-corrected chi connectivity index (χ1v) is 5.70. The summed E-state index contributed by atoms with van der Waals surface area (Å²) < 4.78 is 1.91. The third-order valence-corrected chi connectivity index (χ3v) is 2.43. The molecule has 1 N–H and O–H groups in total. The number of nitrogens with zero attached hydrogens (tertiary/aromatic N) is 4. The summed E-state index contributed by atoms with van der Waals surface area (Å²) in [5, 5.41) is 3.33. The molecule has 0 radical (unpaired) electrons. The molecule has 0 fully saturated rings. The fourth-order valence-electron chi connectivity index (χ4n) is 1.49. The Morgan fingerprint density at radius 3 is 2.76 bits per heavy atom. The lowest BCUT2D eigenvalue weighted by Gasteiger charge is -2.08. The largest absolute Gasteiger partial charge is 0.331 e. The van der Waals surface area contributed by atoms with Crippen molar-refractivity contribution >= 4 is 0 Å². The lowest BCUT2D eigenvalue weighted by Crippen LogP contribution is -2.22. The molecule has 0 aliphatic rings. The maximum Gasteiger partial charge on any atom is 0.196 e. The van der Waals surface area contributed by atoms with Gasteiger partial charge in [-0.05, 0) is 6.07 Å². The van der Waals surface area contributed by atoms with Crippen LogP contribution in [0.3, 0.4) is 0 Å². The molecule has 2 rings (SSSR count). The van der Waals surface area contributed by atoms with E-state index in [9.17, 15) is 0 Å². The summed E-state index contributed by atoms with van der Waals surface area (Å²) in [6.07, 6.45) is 5.41. The minimum absolute atomic E-state index is 0.446. The van der Waals surface area contributed by atoms with Crippen molar-refractivity contribution in [2.75, 3.05) is 0 Å². The Bertz CT molecular complexity index is 489. The van der Waals surface area contributed by atoms with Crippen molar-refractivity contribution in [1.29, 1.82) is 0 Å². The molecular weight excluding hydrogens is 214 g/mol. The van der Waals surface area contributed by atoms with Gasteiger partial charge in [-0.25, -0.2) is 15.0 Å². The van der Waals surface area contributed by atoms with Gasteiger partial charge in [0.25, 0.3) is 0 Å². The Hall–Kier alpha value is -1.75. The first-order chi connectivity index (χ1) is 8.16. The van der Waals surface area contributed by atoms with E-state index in [2.05, 4.69) is 34.1 Å². The Kier molecular flexibility index (Phi) is 3.49. The summed E-state index contributed by atoms with van der Waals surface area (Å²) in [4.78, 5) is 13.0. The second kappa shape index (κ2) is 5.05. The van der Waals surface area contributed by atoms with Crippen LogP contribution in [0.25, 0.3) is 11.6 Å². The van der Waals surface area contributed by atoms with E-state index in [0.29, 0.717) is 11.9 Å². The van der Waals surface area contributed by atoms with Gasteiger partial charge in [-0.1, -0.05) is 13.8 Å². The maximum absolute atomic E-state index is 4.49. The maximum atomic E-state index is 4.49. The molecule has 5 nitrogen and oxygen atoms in total. The molecule has 0 atom stereocenters. The summed E-state index contributed by atoms with van der Waals surface area (Å²) in [5.41, 5.74) is 0.978. The van der Waals surface area contributed by atoms with E-state index >= 15 is 0 Å². The van der Waals surface area contributed by atoms with Crippen LogP contribution < -0.4 is 5.32 Å². The van der Waals surface area contributed by atoms with Gasteiger partial charge >= 0.3 is 0 Å². The minimum Gasteiger partial charge on any atom is -0.331 e. The Labute approximate surface area is 101 Å². The van der Waals surface area contributed by atoms with Crippen molar-refractivity contribution in [3.05, 3.63) is 30.4 Å². The number of aryl methyl sites for hydroxylation is 1. The van der Waals surface area contributed by atoms with Crippen molar-refractivity contribution in [3.8, 4) is 11.6 Å². The molecule has 2 aromatic rings. The average Bonchev–Trinajstić information content (AvgIpc) is 2.73. The summed E-state index contributed by atoms with van der Waals surface area (Å²) in [7, 11) is 1.94. The number of hydrogen-bond donors (Lipinski definition) is 1. The monoisotopic (exact) mass is 231 g/mol. The second-order valence-electron chi connectivity index (χ2n) is 4.27. The van der Waals surface area contributed by atoms with E-state index in [1.54, 1.807) is 12.4 Å². The number of rotatable bonds is 4. The zero-order valence-electron chi connectivity index (χ0n) is 10.4. The van der Waals surface area contributed by atoms with Crippen molar-refractivity contribution in [1.82, 2.24) is 24.8 Å². The van der Waals surface area contributed by atoms with Crippen LogP contribution in [-0.4, -0.2) is 25.6 Å². The molecule has 0 aliphatic carbocycles. The molecule has 0 spiro atoms. The van der Waals surface area contributed by atoms with Gasteiger partial charge in [0.1, 0.15) is 0 Å². The van der Waals surface area contributed by atoms with Crippen LogP contribution in [0, 0.1) is 0 Å². The number of imidazole rings is 1. The zero-order valence-corrected chi connectivity index (χ0v) is 10.4. The van der Waals surface area contributed by atoms with Gasteiger partial charge in [-0.15, -0.1) is 0 Å². The highest BCUT2D eigenvalue weighted by Gasteiger charge is 2.07. The molecule has 0 unspecified atom stereocenters. The smallest absolute Gasteiger partial charge is 0.196 e. The molecule has 0 aliphatic heterocycles. The fraction of sp³-hybridized carbons (Fsp3) is 0.417. The van der Waals surface area contributed by atoms with Crippen LogP contribution in [0.4, 0.5) is 0 Å². The fourth-order valence-corrected chi connectivity index (χ4v) is 1.49. The number of aromatic nitrogens is 4. The van der Waals surface area contributed by atoms with E-state index in [0.717, 1.165) is 18.1 Å². The molecule has 2 heterocycles. The zero-order chi connectivity index (χ0) is 12.3. The molecule has 0 bridgehead atoms. The molecule has 0 saturated carbocycles. The van der Waals surface area contributed by atoms with Crippen LogP contribution in [-0.2, 0) is 13.6 Å². The van der Waals surface area contributed by atoms with Crippen molar-refractivity contribution in [2.24, 2.45) is 7.05 Å². The molecule has 5 heteroatoms. The van der Waals surface area contributed by atoms with Crippen LogP contribution in [0.5, 0.6) is 0 Å². The van der Waals surface area contributed by atoms with Gasteiger partial charge in [0.05, 0.1) is 5.69 Å². The van der Waals surface area contributed by atoms with Crippen LogP contribution in [0.2, 0.25) is 0 Å². The first-order valence-electron chi connectivity index (χ1n) is 5.70. The van der Waals surface area contributed by atoms with Gasteiger partial charge in [-0.2, -0.15) is 0 Å². The van der Waals surface area contributed by atoms with Crippen molar-refractivity contribution in [2.45, 2.75) is 26.4 Å². The van der Waals surface area contributed by atoms with Gasteiger partial charge in [-0.3, -0.25) is 0 Å². The normalized spacial score (nSPS) is 11.1. The Balaban J connectivity index is 2.20. The Morgan fingerprint density at radius 1 is 1.29 bits per heavy atom. The van der Waals surface area contributed by atoms with Crippen LogP contribution in [0.1, 0.15) is 19.5 Å². The van der Waals surface area contributed by atoms with E-state index in [1.165, 1.54) is 0 Å². The van der Waals surface area contributed by atoms with E-state index in [4.69, 9.17) is 0 Å². The van der Waals surface area contributed by atoms with E-state index in [1.807, 2.05) is 23.9 Å². The average molecular weight is 231 g/mol. The molecule has 0 saturated heterocycles. The van der Waals surface area contributed by atoms with E-state index < -0.39 is 0 Å². The lowest BCUT2D eigenvalue weighted by atomic mass is 10.3. The first kappa shape index (κ1) is 11.7. The number of nitrogens with one attached hydrogen (secondary N) is 1. The van der Waals surface area contributed by atoms with Gasteiger partial charge < -0.3 is 9.88 Å². The predicted molar refractivity (Wildman–Crippen MR) is 66.2 cm³/mol. The summed E-state index contributed by atoms with van der Waals surface area (Å²) in [6, 6.07) is 2.36. The topological polar surface area (TPSA) is 55.6 Å². The molecule has 90 valence electrons. The third kappa shape index (κ3) is 2.88. The van der Waals surface area contributed by atoms with Gasteiger partial charge in [0, 0.05) is 38.2 Å². The molecule has 17 heavy (non-hydrogen) atoms.